The summed E-state index contributed by atoms with van der Waals surface area (Å²) in [6.07, 6.45) is 3.83. The molecule has 152 valence electrons. The second-order valence-corrected chi connectivity index (χ2v) is 7.07. The van der Waals surface area contributed by atoms with Crippen LogP contribution in [0.2, 0.25) is 0 Å². The van der Waals surface area contributed by atoms with E-state index < -0.39 is 0 Å². The van der Waals surface area contributed by atoms with E-state index >= 15 is 0 Å². The summed E-state index contributed by atoms with van der Waals surface area (Å²) in [5.41, 5.74) is 2.83. The predicted molar refractivity (Wildman–Crippen MR) is 115 cm³/mol. The third-order valence-corrected chi connectivity index (χ3v) is 5.12. The Balaban J connectivity index is 0.00000240. The molecule has 2 heterocycles. The number of benzene rings is 2. The summed E-state index contributed by atoms with van der Waals surface area (Å²) in [5.74, 6) is 0.819. The van der Waals surface area contributed by atoms with Crippen LogP contribution in [-0.4, -0.2) is 28.8 Å². The molecule has 0 saturated carbocycles. The van der Waals surface area contributed by atoms with Crippen molar-refractivity contribution in [2.45, 2.75) is 12.5 Å². The molecule has 29 heavy (non-hydrogen) atoms. The fourth-order valence-electron chi connectivity index (χ4n) is 3.61. The molecular formula is C22H25ClN4O2. The lowest BCUT2D eigenvalue weighted by Crippen LogP contribution is -2.28. The van der Waals surface area contributed by atoms with Gasteiger partial charge in [-0.15, -0.1) is 12.4 Å². The summed E-state index contributed by atoms with van der Waals surface area (Å²) >= 11 is 0. The number of aromatic nitrogens is 2. The van der Waals surface area contributed by atoms with E-state index in [1.807, 2.05) is 74.0 Å². The van der Waals surface area contributed by atoms with Gasteiger partial charge in [0.25, 0.3) is 0 Å². The molecule has 1 amide bonds. The van der Waals surface area contributed by atoms with Gasteiger partial charge >= 0.3 is 0 Å². The zero-order chi connectivity index (χ0) is 19.3. The second kappa shape index (κ2) is 9.58. The van der Waals surface area contributed by atoms with Gasteiger partial charge in [0.15, 0.2) is 0 Å². The van der Waals surface area contributed by atoms with E-state index in [1.54, 1.807) is 4.68 Å². The number of rotatable bonds is 6. The molecule has 1 aliphatic rings. The number of carbonyl (C=O) groups is 1. The first-order chi connectivity index (χ1) is 13.7. The molecule has 6 nitrogen and oxygen atoms in total. The van der Waals surface area contributed by atoms with Gasteiger partial charge in [0.1, 0.15) is 12.4 Å². The summed E-state index contributed by atoms with van der Waals surface area (Å²) in [7, 11) is 1.89. The van der Waals surface area contributed by atoms with Crippen LogP contribution in [-0.2, 0) is 18.4 Å². The minimum absolute atomic E-state index is 0. The molecule has 0 radical (unpaired) electrons. The van der Waals surface area contributed by atoms with E-state index in [4.69, 9.17) is 4.74 Å². The Kier molecular flexibility index (Phi) is 6.90. The van der Waals surface area contributed by atoms with E-state index in [9.17, 15) is 4.79 Å². The van der Waals surface area contributed by atoms with E-state index in [1.165, 1.54) is 0 Å². The van der Waals surface area contributed by atoms with Crippen molar-refractivity contribution in [3.05, 3.63) is 78.1 Å². The number of nitrogens with zero attached hydrogens (tertiary/aromatic N) is 2. The molecule has 0 unspecified atom stereocenters. The fourth-order valence-corrected chi connectivity index (χ4v) is 3.61. The molecule has 2 N–H and O–H groups in total. The number of nitrogens with one attached hydrogen (secondary N) is 2. The Morgan fingerprint density at radius 3 is 2.69 bits per heavy atom. The highest BCUT2D eigenvalue weighted by atomic mass is 35.5. The Morgan fingerprint density at radius 1 is 1.17 bits per heavy atom. The molecule has 0 aliphatic carbocycles. The molecule has 2 atom stereocenters. The van der Waals surface area contributed by atoms with Gasteiger partial charge in [-0.1, -0.05) is 36.4 Å². The van der Waals surface area contributed by atoms with Crippen molar-refractivity contribution in [1.82, 2.24) is 15.1 Å². The number of carbonyl (C=O) groups excluding carboxylic acids is 1. The van der Waals surface area contributed by atoms with Crippen molar-refractivity contribution in [2.24, 2.45) is 13.0 Å². The third-order valence-electron chi connectivity index (χ3n) is 5.12. The topological polar surface area (TPSA) is 68.2 Å². The lowest BCUT2D eigenvalue weighted by atomic mass is 9.90. The van der Waals surface area contributed by atoms with Crippen LogP contribution in [0.5, 0.6) is 5.75 Å². The summed E-state index contributed by atoms with van der Waals surface area (Å²) < 4.78 is 7.63. The van der Waals surface area contributed by atoms with Crippen LogP contribution in [0.25, 0.3) is 0 Å². The van der Waals surface area contributed by atoms with Gasteiger partial charge in [-0.2, -0.15) is 5.10 Å². The first-order valence-corrected chi connectivity index (χ1v) is 9.46. The average Bonchev–Trinajstić information content (AvgIpc) is 3.37. The SMILES string of the molecule is Cl.Cn1cc([C@H]2CNC[C@@H]2C(=O)Nc2ccccc2COc2ccccc2)cn1. The van der Waals surface area contributed by atoms with Crippen molar-refractivity contribution < 1.29 is 9.53 Å². The number of anilines is 1. The predicted octanol–water partition coefficient (Wildman–Crippen LogP) is 3.36. The third kappa shape index (κ3) is 4.96. The second-order valence-electron chi connectivity index (χ2n) is 7.07. The van der Waals surface area contributed by atoms with Crippen LogP contribution in [0, 0.1) is 5.92 Å². The summed E-state index contributed by atoms with van der Waals surface area (Å²) in [5, 5.41) is 10.7. The van der Waals surface area contributed by atoms with Crippen molar-refractivity contribution in [3.8, 4) is 5.75 Å². The van der Waals surface area contributed by atoms with Crippen LogP contribution in [0.15, 0.2) is 67.0 Å². The van der Waals surface area contributed by atoms with E-state index in [0.29, 0.717) is 13.2 Å². The minimum atomic E-state index is -0.132. The van der Waals surface area contributed by atoms with Crippen LogP contribution in [0.3, 0.4) is 0 Å². The van der Waals surface area contributed by atoms with Crippen LogP contribution >= 0.6 is 12.4 Å². The van der Waals surface area contributed by atoms with Gasteiger partial charge in [-0.25, -0.2) is 0 Å². The highest BCUT2D eigenvalue weighted by Gasteiger charge is 2.34. The highest BCUT2D eigenvalue weighted by Crippen LogP contribution is 2.29. The van der Waals surface area contributed by atoms with Crippen LogP contribution in [0.1, 0.15) is 17.0 Å². The Morgan fingerprint density at radius 2 is 1.93 bits per heavy atom. The number of hydrogen-bond donors (Lipinski definition) is 2. The minimum Gasteiger partial charge on any atom is -0.489 e. The average molecular weight is 413 g/mol. The Labute approximate surface area is 176 Å². The molecule has 4 rings (SSSR count). The highest BCUT2D eigenvalue weighted by molar-refractivity contribution is 5.94. The number of amides is 1. The van der Waals surface area contributed by atoms with Crippen molar-refractivity contribution in [3.63, 3.8) is 0 Å². The number of ether oxygens (including phenoxy) is 1. The maximum absolute atomic E-state index is 13.0. The molecule has 0 spiro atoms. The molecule has 0 bridgehead atoms. The fraction of sp³-hybridized carbons (Fsp3) is 0.273. The molecule has 1 aliphatic heterocycles. The quantitative estimate of drug-likeness (QED) is 0.651. The molecule has 1 saturated heterocycles. The first-order valence-electron chi connectivity index (χ1n) is 9.46. The summed E-state index contributed by atoms with van der Waals surface area (Å²) in [6.45, 7) is 1.84. The standard InChI is InChI=1S/C22H24N4O2.ClH/c1-26-14-17(11-24-26)19-12-23-13-20(19)22(27)25-21-10-6-5-7-16(21)15-28-18-8-3-2-4-9-18;/h2-11,14,19-20,23H,12-13,15H2,1H3,(H,25,27);1H/t19-,20+;/m1./s1. The summed E-state index contributed by atoms with van der Waals surface area (Å²) in [4.78, 5) is 13.0. The molecular weight excluding hydrogens is 388 g/mol. The Hall–Kier alpha value is -2.83. The number of aryl methyl sites for hydroxylation is 1. The smallest absolute Gasteiger partial charge is 0.229 e. The zero-order valence-electron chi connectivity index (χ0n) is 16.2. The van der Waals surface area contributed by atoms with E-state index in [0.717, 1.165) is 29.1 Å². The monoisotopic (exact) mass is 412 g/mol. The molecule has 2 aromatic carbocycles. The van der Waals surface area contributed by atoms with Gasteiger partial charge < -0.3 is 15.4 Å². The van der Waals surface area contributed by atoms with Crippen molar-refractivity contribution >= 4 is 24.0 Å². The zero-order valence-corrected chi connectivity index (χ0v) is 17.1. The number of hydrogen-bond acceptors (Lipinski definition) is 4. The van der Waals surface area contributed by atoms with Crippen molar-refractivity contribution in [1.29, 1.82) is 0 Å². The Bertz CT molecular complexity index is 945. The van der Waals surface area contributed by atoms with Gasteiger partial charge in [0.2, 0.25) is 5.91 Å². The molecule has 3 aromatic rings. The number of halogens is 1. The van der Waals surface area contributed by atoms with E-state index in [-0.39, 0.29) is 30.2 Å². The summed E-state index contributed by atoms with van der Waals surface area (Å²) in [6, 6.07) is 17.4. The van der Waals surface area contributed by atoms with Gasteiger partial charge in [0, 0.05) is 43.5 Å². The van der Waals surface area contributed by atoms with Gasteiger partial charge in [0.05, 0.1) is 12.1 Å². The molecule has 1 aromatic heterocycles. The number of para-hydroxylation sites is 2. The van der Waals surface area contributed by atoms with Gasteiger partial charge in [-0.05, 0) is 23.8 Å². The normalized spacial score (nSPS) is 18.1. The van der Waals surface area contributed by atoms with Crippen LogP contribution in [0.4, 0.5) is 5.69 Å². The maximum Gasteiger partial charge on any atom is 0.229 e. The largest absolute Gasteiger partial charge is 0.489 e. The molecule has 1 fully saturated rings. The first kappa shape index (κ1) is 20.9. The van der Waals surface area contributed by atoms with Gasteiger partial charge in [-0.3, -0.25) is 9.48 Å². The lowest BCUT2D eigenvalue weighted by Gasteiger charge is -2.18. The lowest BCUT2D eigenvalue weighted by molar-refractivity contribution is -0.119. The van der Waals surface area contributed by atoms with Crippen molar-refractivity contribution in [2.75, 3.05) is 18.4 Å². The van der Waals surface area contributed by atoms with E-state index in [2.05, 4.69) is 15.7 Å². The maximum atomic E-state index is 13.0. The van der Waals surface area contributed by atoms with Crippen LogP contribution < -0.4 is 15.4 Å². The molecule has 7 heteroatoms.